The average Bonchev–Trinajstić information content (AvgIpc) is 2.77. The topological polar surface area (TPSA) is 56.0 Å². The zero-order valence-electron chi connectivity index (χ0n) is 16.3. The van der Waals surface area contributed by atoms with Crippen LogP contribution in [0.4, 0.5) is 13.2 Å². The molecule has 0 radical (unpaired) electrons. The number of benzene rings is 3. The zero-order valence-corrected chi connectivity index (χ0v) is 16.3. The van der Waals surface area contributed by atoms with E-state index in [-0.39, 0.29) is 5.57 Å². The van der Waals surface area contributed by atoms with Gasteiger partial charge < -0.3 is 5.73 Å². The summed E-state index contributed by atoms with van der Waals surface area (Å²) in [5.41, 5.74) is 7.89. The van der Waals surface area contributed by atoms with Crippen LogP contribution in [0.2, 0.25) is 0 Å². The number of amides is 1. The Kier molecular flexibility index (Phi) is 5.07. The molecule has 2 N–H and O–H groups in total. The minimum Gasteiger partial charge on any atom is -0.366 e. The number of fused-ring (bicyclic) bond motifs is 1. The monoisotopic (exact) mass is 418 g/mol. The highest BCUT2D eigenvalue weighted by Crippen LogP contribution is 2.34. The zero-order chi connectivity index (χ0) is 22.2. The van der Waals surface area contributed by atoms with Crippen molar-refractivity contribution in [2.24, 2.45) is 5.73 Å². The molecule has 0 unspecified atom stereocenters. The maximum absolute atomic E-state index is 13.0. The van der Waals surface area contributed by atoms with Gasteiger partial charge in [0.25, 0.3) is 0 Å². The SMILES string of the molecule is C=C(C(N)=O)c1cccc(-c2cc3ccccc3c(-c3ccc(C(F)(F)F)cc3)n2)c1. The molecule has 3 nitrogen and oxygen atoms in total. The molecular weight excluding hydrogens is 401 g/mol. The average molecular weight is 418 g/mol. The number of rotatable bonds is 4. The second-order valence-corrected chi connectivity index (χ2v) is 7.08. The van der Waals surface area contributed by atoms with Crippen LogP contribution in [0, 0.1) is 0 Å². The van der Waals surface area contributed by atoms with Crippen LogP contribution in [0.3, 0.4) is 0 Å². The van der Waals surface area contributed by atoms with Crippen LogP contribution >= 0.6 is 0 Å². The van der Waals surface area contributed by atoms with Crippen molar-refractivity contribution in [3.8, 4) is 22.5 Å². The highest BCUT2D eigenvalue weighted by atomic mass is 19.4. The summed E-state index contributed by atoms with van der Waals surface area (Å²) in [7, 11) is 0. The predicted octanol–water partition coefficient (Wildman–Crippen LogP) is 6.09. The number of nitrogens with two attached hydrogens (primary N) is 1. The number of hydrogen-bond acceptors (Lipinski definition) is 2. The van der Waals surface area contributed by atoms with E-state index in [1.54, 1.807) is 18.2 Å². The Morgan fingerprint density at radius 1 is 0.871 bits per heavy atom. The van der Waals surface area contributed by atoms with Gasteiger partial charge in [0.05, 0.1) is 17.0 Å². The van der Waals surface area contributed by atoms with Gasteiger partial charge in [-0.15, -0.1) is 0 Å². The lowest BCUT2D eigenvalue weighted by atomic mass is 9.98. The fourth-order valence-corrected chi connectivity index (χ4v) is 3.39. The first-order valence-corrected chi connectivity index (χ1v) is 9.41. The number of halogens is 3. The first kappa shape index (κ1) is 20.3. The molecule has 0 saturated carbocycles. The third-order valence-electron chi connectivity index (χ3n) is 5.03. The molecule has 1 aromatic heterocycles. The van der Waals surface area contributed by atoms with E-state index in [0.29, 0.717) is 22.5 Å². The van der Waals surface area contributed by atoms with Crippen molar-refractivity contribution < 1.29 is 18.0 Å². The van der Waals surface area contributed by atoms with E-state index in [4.69, 9.17) is 10.7 Å². The van der Waals surface area contributed by atoms with Gasteiger partial charge in [0.1, 0.15) is 0 Å². The summed E-state index contributed by atoms with van der Waals surface area (Å²) in [6.07, 6.45) is -4.40. The Morgan fingerprint density at radius 3 is 2.26 bits per heavy atom. The maximum atomic E-state index is 13.0. The number of pyridine rings is 1. The molecule has 0 aliphatic carbocycles. The molecule has 6 heteroatoms. The number of hydrogen-bond donors (Lipinski definition) is 1. The molecule has 0 saturated heterocycles. The smallest absolute Gasteiger partial charge is 0.366 e. The minimum absolute atomic E-state index is 0.186. The van der Waals surface area contributed by atoms with Crippen molar-refractivity contribution in [1.82, 2.24) is 4.98 Å². The third-order valence-corrected chi connectivity index (χ3v) is 5.03. The second-order valence-electron chi connectivity index (χ2n) is 7.08. The lowest BCUT2D eigenvalue weighted by Crippen LogP contribution is -2.11. The van der Waals surface area contributed by atoms with E-state index in [9.17, 15) is 18.0 Å². The molecule has 1 amide bonds. The standard InChI is InChI=1S/C25H17F3N2O/c1-15(24(29)31)17-6-4-7-19(13-17)22-14-18-5-2-3-8-21(18)23(30-22)16-9-11-20(12-10-16)25(26,27)28/h2-14H,1H2,(H2,29,31). The van der Waals surface area contributed by atoms with Crippen molar-refractivity contribution in [2.75, 3.05) is 0 Å². The number of aromatic nitrogens is 1. The Morgan fingerprint density at radius 2 is 1.58 bits per heavy atom. The Hall–Kier alpha value is -3.93. The quantitative estimate of drug-likeness (QED) is 0.408. The molecule has 0 atom stereocenters. The van der Waals surface area contributed by atoms with Crippen LogP contribution in [0.1, 0.15) is 11.1 Å². The van der Waals surface area contributed by atoms with Gasteiger partial charge in [0.2, 0.25) is 5.91 Å². The fraction of sp³-hybridized carbons (Fsp3) is 0.0400. The fourth-order valence-electron chi connectivity index (χ4n) is 3.39. The van der Waals surface area contributed by atoms with Crippen molar-refractivity contribution in [2.45, 2.75) is 6.18 Å². The van der Waals surface area contributed by atoms with Crippen LogP contribution < -0.4 is 5.73 Å². The molecule has 0 spiro atoms. The van der Waals surface area contributed by atoms with Crippen LogP contribution in [-0.2, 0) is 11.0 Å². The molecule has 0 aliphatic rings. The summed E-state index contributed by atoms with van der Waals surface area (Å²) < 4.78 is 38.9. The summed E-state index contributed by atoms with van der Waals surface area (Å²) in [6, 6.07) is 21.5. The van der Waals surface area contributed by atoms with Crippen LogP contribution in [0.5, 0.6) is 0 Å². The number of carbonyl (C=O) groups excluding carboxylic acids is 1. The molecular formula is C25H17F3N2O. The molecule has 154 valence electrons. The lowest BCUT2D eigenvalue weighted by Gasteiger charge is -2.12. The highest BCUT2D eigenvalue weighted by molar-refractivity contribution is 6.18. The van der Waals surface area contributed by atoms with Gasteiger partial charge in [-0.1, -0.05) is 61.2 Å². The molecule has 0 fully saturated rings. The number of primary amides is 1. The van der Waals surface area contributed by atoms with Crippen LogP contribution in [0.25, 0.3) is 38.9 Å². The van der Waals surface area contributed by atoms with Crippen molar-refractivity contribution >= 4 is 22.3 Å². The molecule has 3 aromatic carbocycles. The predicted molar refractivity (Wildman–Crippen MR) is 116 cm³/mol. The van der Waals surface area contributed by atoms with E-state index >= 15 is 0 Å². The van der Waals surface area contributed by atoms with Gasteiger partial charge >= 0.3 is 6.18 Å². The summed E-state index contributed by atoms with van der Waals surface area (Å²) in [4.78, 5) is 16.2. The van der Waals surface area contributed by atoms with Gasteiger partial charge in [0, 0.05) is 22.1 Å². The Balaban J connectivity index is 1.88. The summed E-state index contributed by atoms with van der Waals surface area (Å²) in [5.74, 6) is -0.617. The molecule has 0 bridgehead atoms. The van der Waals surface area contributed by atoms with E-state index in [1.165, 1.54) is 12.1 Å². The lowest BCUT2D eigenvalue weighted by molar-refractivity contribution is -0.137. The van der Waals surface area contributed by atoms with Crippen LogP contribution in [0.15, 0.2) is 85.4 Å². The van der Waals surface area contributed by atoms with Gasteiger partial charge in [-0.25, -0.2) is 4.98 Å². The summed E-state index contributed by atoms with van der Waals surface area (Å²) >= 11 is 0. The van der Waals surface area contributed by atoms with Crippen LogP contribution in [-0.4, -0.2) is 10.9 Å². The molecule has 4 rings (SSSR count). The van der Waals surface area contributed by atoms with Crippen molar-refractivity contribution in [3.05, 3.63) is 96.6 Å². The van der Waals surface area contributed by atoms with Gasteiger partial charge in [-0.05, 0) is 35.2 Å². The minimum atomic E-state index is -4.40. The maximum Gasteiger partial charge on any atom is 0.416 e. The van der Waals surface area contributed by atoms with E-state index in [0.717, 1.165) is 28.5 Å². The number of carbonyl (C=O) groups is 1. The number of alkyl halides is 3. The Labute approximate surface area is 176 Å². The Bertz CT molecular complexity index is 1310. The van der Waals surface area contributed by atoms with E-state index < -0.39 is 17.6 Å². The molecule has 4 aromatic rings. The molecule has 31 heavy (non-hydrogen) atoms. The first-order chi connectivity index (χ1) is 14.7. The summed E-state index contributed by atoms with van der Waals surface area (Å²) in [6.45, 7) is 3.72. The first-order valence-electron chi connectivity index (χ1n) is 9.41. The van der Waals surface area contributed by atoms with Gasteiger partial charge in [-0.3, -0.25) is 4.79 Å². The molecule has 1 heterocycles. The second kappa shape index (κ2) is 7.72. The highest BCUT2D eigenvalue weighted by Gasteiger charge is 2.30. The van der Waals surface area contributed by atoms with Crippen molar-refractivity contribution in [3.63, 3.8) is 0 Å². The number of nitrogens with zero attached hydrogens (tertiary/aromatic N) is 1. The van der Waals surface area contributed by atoms with Gasteiger partial charge in [-0.2, -0.15) is 13.2 Å². The van der Waals surface area contributed by atoms with E-state index in [2.05, 4.69) is 6.58 Å². The normalized spacial score (nSPS) is 11.5. The summed E-state index contributed by atoms with van der Waals surface area (Å²) in [5, 5.41) is 1.71. The molecule has 0 aliphatic heterocycles. The van der Waals surface area contributed by atoms with Crippen molar-refractivity contribution in [1.29, 1.82) is 0 Å². The van der Waals surface area contributed by atoms with E-state index in [1.807, 2.05) is 36.4 Å². The third kappa shape index (κ3) is 4.05. The largest absolute Gasteiger partial charge is 0.416 e. The van der Waals surface area contributed by atoms with Gasteiger partial charge in [0.15, 0.2) is 0 Å².